The van der Waals surface area contributed by atoms with Crippen LogP contribution in [0.4, 0.5) is 0 Å². The Morgan fingerprint density at radius 3 is 2.72 bits per heavy atom. The highest BCUT2D eigenvalue weighted by atomic mass is 16.2. The standard InChI is InChI=1S/C13H23N3O2/c1-4-9(7-13(2,3)14)8-15-10-5-6-11(17)16-12(10)18/h7,10,15H,4-6,8,14H2,1-3H3,(H,16,17,18)/b9-7+. The molecule has 0 saturated carbocycles. The van der Waals surface area contributed by atoms with Crippen LogP contribution in [0.25, 0.3) is 0 Å². The Labute approximate surface area is 108 Å². The zero-order valence-corrected chi connectivity index (χ0v) is 11.4. The van der Waals surface area contributed by atoms with Crippen molar-refractivity contribution in [3.63, 3.8) is 0 Å². The molecule has 0 bridgehead atoms. The van der Waals surface area contributed by atoms with Gasteiger partial charge in [0, 0.05) is 18.5 Å². The van der Waals surface area contributed by atoms with E-state index in [1.165, 1.54) is 5.57 Å². The van der Waals surface area contributed by atoms with Gasteiger partial charge in [-0.15, -0.1) is 0 Å². The first-order chi connectivity index (χ1) is 8.31. The van der Waals surface area contributed by atoms with Gasteiger partial charge in [0.05, 0.1) is 6.04 Å². The number of amides is 2. The molecule has 5 nitrogen and oxygen atoms in total. The van der Waals surface area contributed by atoms with Crippen LogP contribution < -0.4 is 16.4 Å². The van der Waals surface area contributed by atoms with E-state index in [-0.39, 0.29) is 23.4 Å². The van der Waals surface area contributed by atoms with Gasteiger partial charge in [-0.2, -0.15) is 0 Å². The van der Waals surface area contributed by atoms with E-state index in [1.807, 2.05) is 19.9 Å². The Hall–Kier alpha value is -1.20. The number of nitrogens with one attached hydrogen (secondary N) is 2. The van der Waals surface area contributed by atoms with Crippen molar-refractivity contribution >= 4 is 11.8 Å². The molecule has 5 heteroatoms. The summed E-state index contributed by atoms with van der Waals surface area (Å²) in [5.74, 6) is -0.416. The molecule has 0 aliphatic carbocycles. The van der Waals surface area contributed by atoms with Crippen LogP contribution in [0.2, 0.25) is 0 Å². The summed E-state index contributed by atoms with van der Waals surface area (Å²) < 4.78 is 0. The molecule has 0 aromatic rings. The van der Waals surface area contributed by atoms with Gasteiger partial charge in [0.2, 0.25) is 11.8 Å². The van der Waals surface area contributed by atoms with Crippen molar-refractivity contribution in [3.8, 4) is 0 Å². The molecule has 1 unspecified atom stereocenters. The van der Waals surface area contributed by atoms with Crippen molar-refractivity contribution in [2.75, 3.05) is 6.54 Å². The maximum Gasteiger partial charge on any atom is 0.243 e. The minimum Gasteiger partial charge on any atom is -0.322 e. The third-order valence-corrected chi connectivity index (χ3v) is 2.84. The minimum absolute atomic E-state index is 0.188. The maximum atomic E-state index is 11.6. The molecule has 4 N–H and O–H groups in total. The van der Waals surface area contributed by atoms with Crippen LogP contribution >= 0.6 is 0 Å². The summed E-state index contributed by atoms with van der Waals surface area (Å²) in [6, 6.07) is -0.279. The normalized spacial score (nSPS) is 22.0. The summed E-state index contributed by atoms with van der Waals surface area (Å²) >= 11 is 0. The first-order valence-corrected chi connectivity index (χ1v) is 6.38. The average molecular weight is 253 g/mol. The third kappa shape index (κ3) is 4.98. The number of hydrogen-bond donors (Lipinski definition) is 3. The van der Waals surface area contributed by atoms with E-state index in [0.717, 1.165) is 6.42 Å². The fourth-order valence-corrected chi connectivity index (χ4v) is 1.95. The molecule has 0 aromatic heterocycles. The molecule has 0 aromatic carbocycles. The van der Waals surface area contributed by atoms with Gasteiger partial charge in [-0.25, -0.2) is 0 Å². The van der Waals surface area contributed by atoms with Gasteiger partial charge in [-0.3, -0.25) is 14.9 Å². The molecule has 1 aliphatic rings. The van der Waals surface area contributed by atoms with Crippen molar-refractivity contribution in [3.05, 3.63) is 11.6 Å². The summed E-state index contributed by atoms with van der Waals surface area (Å²) in [6.07, 6.45) is 3.87. The van der Waals surface area contributed by atoms with Gasteiger partial charge in [0.25, 0.3) is 0 Å². The number of carbonyl (C=O) groups excluding carboxylic acids is 2. The fourth-order valence-electron chi connectivity index (χ4n) is 1.95. The molecular formula is C13H23N3O2. The maximum absolute atomic E-state index is 11.6. The first-order valence-electron chi connectivity index (χ1n) is 6.38. The van der Waals surface area contributed by atoms with E-state index in [1.54, 1.807) is 0 Å². The highest BCUT2D eigenvalue weighted by Crippen LogP contribution is 2.09. The van der Waals surface area contributed by atoms with Crippen molar-refractivity contribution < 1.29 is 9.59 Å². The second kappa shape index (κ2) is 6.11. The molecule has 2 amide bonds. The quantitative estimate of drug-likeness (QED) is 0.491. The highest BCUT2D eigenvalue weighted by molar-refractivity contribution is 6.00. The van der Waals surface area contributed by atoms with Gasteiger partial charge in [0.1, 0.15) is 0 Å². The zero-order chi connectivity index (χ0) is 13.8. The van der Waals surface area contributed by atoms with Crippen molar-refractivity contribution in [2.24, 2.45) is 5.73 Å². The SMILES string of the molecule is CC/C(=C\C(C)(C)N)CNC1CCC(=O)NC1=O. The molecule has 1 rings (SSSR count). The Bertz CT molecular complexity index is 356. The molecule has 0 spiro atoms. The van der Waals surface area contributed by atoms with Gasteiger partial charge in [-0.1, -0.05) is 18.6 Å². The lowest BCUT2D eigenvalue weighted by Gasteiger charge is -2.23. The Morgan fingerprint density at radius 2 is 2.22 bits per heavy atom. The highest BCUT2D eigenvalue weighted by Gasteiger charge is 2.25. The summed E-state index contributed by atoms with van der Waals surface area (Å²) in [5.41, 5.74) is 6.76. The number of carbonyl (C=O) groups is 2. The summed E-state index contributed by atoms with van der Waals surface area (Å²) in [5, 5.41) is 5.51. The van der Waals surface area contributed by atoms with Gasteiger partial charge >= 0.3 is 0 Å². The fraction of sp³-hybridized carbons (Fsp3) is 0.692. The Morgan fingerprint density at radius 1 is 1.56 bits per heavy atom. The van der Waals surface area contributed by atoms with Crippen LogP contribution in [-0.2, 0) is 9.59 Å². The smallest absolute Gasteiger partial charge is 0.243 e. The lowest BCUT2D eigenvalue weighted by molar-refractivity contribution is -0.134. The van der Waals surface area contributed by atoms with Crippen molar-refractivity contribution in [1.82, 2.24) is 10.6 Å². The monoisotopic (exact) mass is 253 g/mol. The molecule has 1 aliphatic heterocycles. The van der Waals surface area contributed by atoms with Gasteiger partial charge in [-0.05, 0) is 26.7 Å². The first kappa shape index (κ1) is 14.9. The van der Waals surface area contributed by atoms with Crippen molar-refractivity contribution in [1.29, 1.82) is 0 Å². The lowest BCUT2D eigenvalue weighted by atomic mass is 10.00. The predicted molar refractivity (Wildman–Crippen MR) is 70.8 cm³/mol. The molecule has 102 valence electrons. The second-order valence-corrected chi connectivity index (χ2v) is 5.36. The summed E-state index contributed by atoms with van der Waals surface area (Å²) in [4.78, 5) is 22.6. The zero-order valence-electron chi connectivity index (χ0n) is 11.4. The van der Waals surface area contributed by atoms with Crippen LogP contribution in [0.3, 0.4) is 0 Å². The van der Waals surface area contributed by atoms with E-state index in [9.17, 15) is 9.59 Å². The number of hydrogen-bond acceptors (Lipinski definition) is 4. The Kier molecular flexibility index (Phi) is 5.04. The Balaban J connectivity index is 2.51. The van der Waals surface area contributed by atoms with Crippen molar-refractivity contribution in [2.45, 2.75) is 51.6 Å². The molecular weight excluding hydrogens is 230 g/mol. The van der Waals surface area contributed by atoms with Crippen LogP contribution in [0.5, 0.6) is 0 Å². The topological polar surface area (TPSA) is 84.2 Å². The predicted octanol–water partition coefficient (Wildman–Crippen LogP) is 0.455. The van der Waals surface area contributed by atoms with E-state index in [2.05, 4.69) is 17.6 Å². The number of nitrogens with two attached hydrogens (primary N) is 1. The average Bonchev–Trinajstić information content (AvgIpc) is 2.24. The number of imide groups is 1. The van der Waals surface area contributed by atoms with E-state index in [4.69, 9.17) is 5.73 Å². The van der Waals surface area contributed by atoms with Crippen LogP contribution in [0, 0.1) is 0 Å². The van der Waals surface area contributed by atoms with E-state index in [0.29, 0.717) is 19.4 Å². The van der Waals surface area contributed by atoms with Gasteiger partial charge in [0.15, 0.2) is 0 Å². The molecule has 1 saturated heterocycles. The summed E-state index contributed by atoms with van der Waals surface area (Å²) in [7, 11) is 0. The second-order valence-electron chi connectivity index (χ2n) is 5.36. The largest absolute Gasteiger partial charge is 0.322 e. The van der Waals surface area contributed by atoms with Gasteiger partial charge < -0.3 is 11.1 Å². The molecule has 0 radical (unpaired) electrons. The van der Waals surface area contributed by atoms with E-state index < -0.39 is 0 Å². The van der Waals surface area contributed by atoms with E-state index >= 15 is 0 Å². The number of piperidine rings is 1. The molecule has 1 fully saturated rings. The molecule has 1 heterocycles. The molecule has 18 heavy (non-hydrogen) atoms. The molecule has 1 atom stereocenters. The van der Waals surface area contributed by atoms with Crippen LogP contribution in [-0.4, -0.2) is 29.9 Å². The lowest BCUT2D eigenvalue weighted by Crippen LogP contribution is -2.51. The summed E-state index contributed by atoms with van der Waals surface area (Å²) in [6.45, 7) is 6.57. The van der Waals surface area contributed by atoms with Crippen LogP contribution in [0.1, 0.15) is 40.0 Å². The van der Waals surface area contributed by atoms with Crippen LogP contribution in [0.15, 0.2) is 11.6 Å². The number of rotatable bonds is 5. The third-order valence-electron chi connectivity index (χ3n) is 2.84. The minimum atomic E-state index is -0.349.